The Kier molecular flexibility index (Phi) is 9.59. The quantitative estimate of drug-likeness (QED) is 0.133. The van der Waals surface area contributed by atoms with Crippen molar-refractivity contribution in [1.82, 2.24) is 4.90 Å². The van der Waals surface area contributed by atoms with Crippen molar-refractivity contribution < 1.29 is 29.0 Å². The Bertz CT molecular complexity index is 1690. The van der Waals surface area contributed by atoms with Crippen molar-refractivity contribution in [3.63, 3.8) is 0 Å². The summed E-state index contributed by atoms with van der Waals surface area (Å²) in [6.07, 6.45) is 6.60. The maximum atomic E-state index is 15.2. The van der Waals surface area contributed by atoms with Crippen molar-refractivity contribution in [2.24, 2.45) is 17.8 Å². The summed E-state index contributed by atoms with van der Waals surface area (Å²) in [6.45, 7) is 11.7. The molecule has 3 aromatic carbocycles. The number of ether oxygens (including phenoxy) is 2. The predicted octanol–water partition coefficient (Wildman–Crippen LogP) is 5.87. The molecular formula is C40H46N2O6. The van der Waals surface area contributed by atoms with Gasteiger partial charge >= 0.3 is 5.97 Å². The number of benzene rings is 3. The number of rotatable bonds is 14. The van der Waals surface area contributed by atoms with E-state index in [4.69, 9.17) is 9.47 Å². The van der Waals surface area contributed by atoms with Gasteiger partial charge in [-0.15, -0.1) is 13.2 Å². The van der Waals surface area contributed by atoms with Crippen LogP contribution in [0.15, 0.2) is 98.1 Å². The number of carbonyl (C=O) groups is 3. The Hall–Kier alpha value is -4.27. The molecule has 3 aliphatic rings. The lowest BCUT2D eigenvalue weighted by atomic mass is 9.62. The van der Waals surface area contributed by atoms with E-state index in [2.05, 4.69) is 13.2 Å². The van der Waals surface area contributed by atoms with E-state index in [9.17, 15) is 14.7 Å². The summed E-state index contributed by atoms with van der Waals surface area (Å²) in [5, 5.41) is 12.9. The van der Waals surface area contributed by atoms with Gasteiger partial charge in [-0.05, 0) is 73.4 Å². The highest BCUT2D eigenvalue weighted by Crippen LogP contribution is 2.65. The minimum Gasteiger partial charge on any atom is -0.465 e. The van der Waals surface area contributed by atoms with E-state index >= 15 is 4.79 Å². The van der Waals surface area contributed by atoms with Gasteiger partial charge in [-0.2, -0.15) is 0 Å². The lowest BCUT2D eigenvalue weighted by molar-refractivity contribution is -0.162. The molecule has 2 amide bonds. The fourth-order valence-corrected chi connectivity index (χ4v) is 8.44. The van der Waals surface area contributed by atoms with Gasteiger partial charge in [0.15, 0.2) is 0 Å². The van der Waals surface area contributed by atoms with E-state index in [-0.39, 0.29) is 37.5 Å². The number of hydrogen-bond donors (Lipinski definition) is 1. The zero-order valence-electron chi connectivity index (χ0n) is 27.9. The van der Waals surface area contributed by atoms with Crippen LogP contribution in [0.1, 0.15) is 45.1 Å². The number of allylic oxidation sites excluding steroid dienone is 1. The lowest BCUT2D eigenvalue weighted by Gasteiger charge is -2.39. The molecule has 3 heterocycles. The maximum Gasteiger partial charge on any atom is 0.312 e. The standard InChI is InChI=1S/C40H46N2O6/c1-5-7-8-14-22-47-38(46)34-33-36(44)42(32(26-43)23-28-15-10-9-11-16-28)35(40(33)25-27(3)39(34,4)48-40)37(45)41(21-6-2)31-20-19-29-17-12-13-18-30(29)24-31/h5-6,9-13,15-20,24,27,32-35,43H,1-2,7-8,14,21-23,25-26H2,3-4H3/t27?,32-,33+,34-,35?,39+,40?/m1/s1. The molecule has 6 rings (SSSR count). The van der Waals surface area contributed by atoms with E-state index in [1.54, 1.807) is 15.9 Å². The number of aliphatic hydroxyl groups is 1. The van der Waals surface area contributed by atoms with Crippen LogP contribution < -0.4 is 4.90 Å². The van der Waals surface area contributed by atoms with Crippen LogP contribution in [0.2, 0.25) is 0 Å². The third kappa shape index (κ3) is 5.65. The van der Waals surface area contributed by atoms with Crippen molar-refractivity contribution in [1.29, 1.82) is 0 Å². The third-order valence-electron chi connectivity index (χ3n) is 10.8. The van der Waals surface area contributed by atoms with Crippen LogP contribution in [-0.2, 0) is 30.3 Å². The van der Waals surface area contributed by atoms with Crippen LogP contribution in [-0.4, -0.2) is 70.8 Å². The highest BCUT2D eigenvalue weighted by molar-refractivity contribution is 6.06. The van der Waals surface area contributed by atoms with Crippen LogP contribution in [0.4, 0.5) is 5.69 Å². The number of esters is 1. The molecule has 3 aromatic rings. The normalized spacial score (nSPS) is 27.9. The lowest BCUT2D eigenvalue weighted by Crippen LogP contribution is -2.59. The van der Waals surface area contributed by atoms with Crippen LogP contribution in [0.25, 0.3) is 10.8 Å². The second kappa shape index (κ2) is 13.7. The van der Waals surface area contributed by atoms with Gasteiger partial charge in [0.2, 0.25) is 5.91 Å². The molecule has 3 aliphatic heterocycles. The molecule has 0 radical (unpaired) electrons. The van der Waals surface area contributed by atoms with E-state index in [1.807, 2.05) is 92.7 Å². The van der Waals surface area contributed by atoms with E-state index < -0.39 is 41.1 Å². The number of aliphatic hydroxyl groups excluding tert-OH is 1. The fraction of sp³-hybridized carbons (Fsp3) is 0.425. The van der Waals surface area contributed by atoms with Crippen molar-refractivity contribution in [2.75, 3.05) is 24.7 Å². The second-order valence-electron chi connectivity index (χ2n) is 13.7. The second-order valence-corrected chi connectivity index (χ2v) is 13.7. The first-order valence-electron chi connectivity index (χ1n) is 17.1. The summed E-state index contributed by atoms with van der Waals surface area (Å²) in [6, 6.07) is 21.6. The minimum atomic E-state index is -1.28. The molecule has 2 bridgehead atoms. The van der Waals surface area contributed by atoms with Gasteiger partial charge in [0.25, 0.3) is 5.91 Å². The van der Waals surface area contributed by atoms with Crippen molar-refractivity contribution in [3.05, 3.63) is 104 Å². The molecular weight excluding hydrogens is 604 g/mol. The van der Waals surface area contributed by atoms with Crippen molar-refractivity contribution in [3.8, 4) is 0 Å². The van der Waals surface area contributed by atoms with Gasteiger partial charge < -0.3 is 24.4 Å². The van der Waals surface area contributed by atoms with Gasteiger partial charge in [-0.3, -0.25) is 14.4 Å². The summed E-state index contributed by atoms with van der Waals surface area (Å²) >= 11 is 0. The number of carbonyl (C=O) groups excluding carboxylic acids is 3. The van der Waals surface area contributed by atoms with Crippen LogP contribution >= 0.6 is 0 Å². The number of likely N-dealkylation sites (tertiary alicyclic amines) is 1. The van der Waals surface area contributed by atoms with Gasteiger partial charge in [0, 0.05) is 12.2 Å². The number of hydrogen-bond acceptors (Lipinski definition) is 6. The number of anilines is 1. The molecule has 1 N–H and O–H groups in total. The topological polar surface area (TPSA) is 96.4 Å². The molecule has 3 unspecified atom stereocenters. The zero-order chi connectivity index (χ0) is 34.1. The largest absolute Gasteiger partial charge is 0.465 e. The number of unbranched alkanes of at least 4 members (excludes halogenated alkanes) is 2. The molecule has 7 atom stereocenters. The SMILES string of the molecule is C=CCCCCOC(=O)[C@H]1[C@H]2C(=O)N([C@@H](CO)Cc3ccccc3)C(C(=O)N(CC=C)c3ccc4ccccc4c3)C23CC(C)[C@]1(C)O3. The first kappa shape index (κ1) is 33.6. The van der Waals surface area contributed by atoms with Crippen molar-refractivity contribution in [2.45, 2.75) is 69.2 Å². The molecule has 8 nitrogen and oxygen atoms in total. The number of fused-ring (bicyclic) bond motifs is 2. The molecule has 3 saturated heterocycles. The van der Waals surface area contributed by atoms with Crippen LogP contribution in [0.5, 0.6) is 0 Å². The maximum absolute atomic E-state index is 15.2. The molecule has 0 aromatic heterocycles. The van der Waals surface area contributed by atoms with Gasteiger partial charge in [-0.25, -0.2) is 0 Å². The Labute approximate surface area is 283 Å². The summed E-state index contributed by atoms with van der Waals surface area (Å²) in [5.74, 6) is -3.12. The summed E-state index contributed by atoms with van der Waals surface area (Å²) < 4.78 is 12.8. The Morgan fingerprint density at radius 1 is 1.06 bits per heavy atom. The van der Waals surface area contributed by atoms with Crippen LogP contribution in [0.3, 0.4) is 0 Å². The Morgan fingerprint density at radius 2 is 1.79 bits per heavy atom. The third-order valence-corrected chi connectivity index (χ3v) is 10.8. The molecule has 48 heavy (non-hydrogen) atoms. The molecule has 3 fully saturated rings. The summed E-state index contributed by atoms with van der Waals surface area (Å²) in [5.41, 5.74) is -0.695. The van der Waals surface area contributed by atoms with Crippen LogP contribution in [0, 0.1) is 17.8 Å². The van der Waals surface area contributed by atoms with Crippen molar-refractivity contribution >= 4 is 34.2 Å². The smallest absolute Gasteiger partial charge is 0.312 e. The minimum absolute atomic E-state index is 0.134. The zero-order valence-corrected chi connectivity index (χ0v) is 27.9. The highest BCUT2D eigenvalue weighted by Gasteiger charge is 2.80. The van der Waals surface area contributed by atoms with Gasteiger partial charge in [-0.1, -0.05) is 79.7 Å². The predicted molar refractivity (Wildman–Crippen MR) is 186 cm³/mol. The first-order chi connectivity index (χ1) is 23.2. The molecule has 1 spiro atoms. The Balaban J connectivity index is 1.43. The monoisotopic (exact) mass is 650 g/mol. The first-order valence-corrected chi connectivity index (χ1v) is 17.1. The molecule has 0 saturated carbocycles. The van der Waals surface area contributed by atoms with E-state index in [1.165, 1.54) is 0 Å². The van der Waals surface area contributed by atoms with Gasteiger partial charge in [0.05, 0.1) is 30.8 Å². The average Bonchev–Trinajstić information content (AvgIpc) is 3.62. The Morgan fingerprint density at radius 3 is 2.50 bits per heavy atom. The molecule has 8 heteroatoms. The fourth-order valence-electron chi connectivity index (χ4n) is 8.44. The summed E-state index contributed by atoms with van der Waals surface area (Å²) in [7, 11) is 0. The summed E-state index contributed by atoms with van der Waals surface area (Å²) in [4.78, 5) is 47.2. The number of nitrogens with zero attached hydrogens (tertiary/aromatic N) is 2. The van der Waals surface area contributed by atoms with Gasteiger partial charge in [0.1, 0.15) is 17.6 Å². The highest BCUT2D eigenvalue weighted by atomic mass is 16.6. The number of amides is 2. The van der Waals surface area contributed by atoms with E-state index in [0.29, 0.717) is 24.9 Å². The average molecular weight is 651 g/mol. The van der Waals surface area contributed by atoms with E-state index in [0.717, 1.165) is 29.2 Å². The molecule has 0 aliphatic carbocycles. The molecule has 252 valence electrons.